The van der Waals surface area contributed by atoms with Crippen molar-refractivity contribution < 1.29 is 9.59 Å². The van der Waals surface area contributed by atoms with Gasteiger partial charge < -0.3 is 5.32 Å². The van der Waals surface area contributed by atoms with E-state index in [0.717, 1.165) is 10.5 Å². The van der Waals surface area contributed by atoms with Gasteiger partial charge in [0.25, 0.3) is 11.8 Å². The Balaban J connectivity index is 1.83. The van der Waals surface area contributed by atoms with Gasteiger partial charge in [0.2, 0.25) is 0 Å². The van der Waals surface area contributed by atoms with Gasteiger partial charge in [-0.1, -0.05) is 63.6 Å². The fourth-order valence-corrected chi connectivity index (χ4v) is 3.16. The van der Waals surface area contributed by atoms with Crippen LogP contribution < -0.4 is 10.2 Å². The third kappa shape index (κ3) is 3.76. The molecule has 2 aromatic carbocycles. The van der Waals surface area contributed by atoms with Crippen molar-refractivity contribution in [3.63, 3.8) is 0 Å². The highest BCUT2D eigenvalue weighted by molar-refractivity contribution is 6.53. The molecule has 4 nitrogen and oxygen atoms in total. The summed E-state index contributed by atoms with van der Waals surface area (Å²) in [5.41, 5.74) is 3.67. The molecule has 0 atom stereocenters. The molecule has 0 aliphatic carbocycles. The maximum atomic E-state index is 12.8. The van der Waals surface area contributed by atoms with E-state index in [-0.39, 0.29) is 10.7 Å². The summed E-state index contributed by atoms with van der Waals surface area (Å²) in [6.07, 6.45) is 0. The molecule has 1 aliphatic rings. The summed E-state index contributed by atoms with van der Waals surface area (Å²) < 4.78 is 0. The van der Waals surface area contributed by atoms with Crippen molar-refractivity contribution >= 4 is 34.8 Å². The Morgan fingerprint density at radius 2 is 1.26 bits per heavy atom. The van der Waals surface area contributed by atoms with Gasteiger partial charge >= 0.3 is 0 Å². The van der Waals surface area contributed by atoms with Crippen LogP contribution in [0.2, 0.25) is 0 Å². The van der Waals surface area contributed by atoms with Crippen molar-refractivity contribution in [3.8, 4) is 0 Å². The second kappa shape index (κ2) is 7.57. The van der Waals surface area contributed by atoms with E-state index < -0.39 is 11.8 Å². The smallest absolute Gasteiger partial charge is 0.283 e. The molecule has 1 N–H and O–H groups in total. The lowest BCUT2D eigenvalue weighted by Gasteiger charge is -2.16. The summed E-state index contributed by atoms with van der Waals surface area (Å²) in [5.74, 6) is -0.173. The molecule has 0 bridgehead atoms. The van der Waals surface area contributed by atoms with Crippen molar-refractivity contribution in [1.82, 2.24) is 0 Å². The zero-order chi connectivity index (χ0) is 19.7. The molecule has 2 aromatic rings. The molecule has 0 unspecified atom stereocenters. The SMILES string of the molecule is CC(C)c1ccc(NC2=C(Cl)C(=O)N(c3ccc(C(C)C)cc3)C2=O)cc1. The number of halogens is 1. The van der Waals surface area contributed by atoms with Crippen molar-refractivity contribution in [3.05, 3.63) is 70.4 Å². The van der Waals surface area contributed by atoms with Crippen molar-refractivity contribution in [1.29, 1.82) is 0 Å². The average molecular weight is 383 g/mol. The lowest BCUT2D eigenvalue weighted by molar-refractivity contribution is -0.120. The summed E-state index contributed by atoms with van der Waals surface area (Å²) >= 11 is 6.19. The van der Waals surface area contributed by atoms with Gasteiger partial charge in [-0.2, -0.15) is 0 Å². The van der Waals surface area contributed by atoms with Gasteiger partial charge in [0.15, 0.2) is 0 Å². The van der Waals surface area contributed by atoms with Gasteiger partial charge in [-0.15, -0.1) is 0 Å². The Hall–Kier alpha value is -2.59. The van der Waals surface area contributed by atoms with E-state index in [9.17, 15) is 9.59 Å². The van der Waals surface area contributed by atoms with Crippen LogP contribution in [0.15, 0.2) is 59.3 Å². The van der Waals surface area contributed by atoms with Crippen molar-refractivity contribution in [2.24, 2.45) is 0 Å². The maximum absolute atomic E-state index is 12.8. The van der Waals surface area contributed by atoms with Gasteiger partial charge in [-0.25, -0.2) is 4.90 Å². The topological polar surface area (TPSA) is 49.4 Å². The highest BCUT2D eigenvalue weighted by atomic mass is 35.5. The monoisotopic (exact) mass is 382 g/mol. The fraction of sp³-hybridized carbons (Fsp3) is 0.273. The standard InChI is InChI=1S/C22H23ClN2O2/c1-13(2)15-5-9-17(10-6-15)24-20-19(23)21(26)25(22(20)27)18-11-7-16(8-12-18)14(3)4/h5-14,24H,1-4H3. The molecule has 2 amide bonds. The number of amides is 2. The number of carbonyl (C=O) groups excluding carboxylic acids is 2. The lowest BCUT2D eigenvalue weighted by atomic mass is 10.0. The Kier molecular flexibility index (Phi) is 5.38. The quantitative estimate of drug-likeness (QED) is 0.707. The molecule has 0 aromatic heterocycles. The van der Waals surface area contributed by atoms with Crippen LogP contribution in [0.4, 0.5) is 11.4 Å². The summed E-state index contributed by atoms with van der Waals surface area (Å²) in [7, 11) is 0. The minimum absolute atomic E-state index is 0.0964. The average Bonchev–Trinajstić information content (AvgIpc) is 2.85. The second-order valence-electron chi connectivity index (χ2n) is 7.28. The van der Waals surface area contributed by atoms with E-state index in [1.54, 1.807) is 12.1 Å². The molecule has 140 valence electrons. The van der Waals surface area contributed by atoms with E-state index in [4.69, 9.17) is 11.6 Å². The molecule has 0 saturated carbocycles. The van der Waals surface area contributed by atoms with Crippen LogP contribution in [0, 0.1) is 0 Å². The highest BCUT2D eigenvalue weighted by Crippen LogP contribution is 2.31. The van der Waals surface area contributed by atoms with Gasteiger partial charge in [-0.05, 0) is 47.2 Å². The molecular formula is C22H23ClN2O2. The summed E-state index contributed by atoms with van der Waals surface area (Å²) in [6.45, 7) is 8.41. The van der Waals surface area contributed by atoms with Gasteiger partial charge in [0, 0.05) is 5.69 Å². The van der Waals surface area contributed by atoms with E-state index in [1.807, 2.05) is 36.4 Å². The van der Waals surface area contributed by atoms with Gasteiger partial charge in [0.05, 0.1) is 5.69 Å². The zero-order valence-corrected chi connectivity index (χ0v) is 16.7. The number of imide groups is 1. The fourth-order valence-electron chi connectivity index (χ4n) is 2.95. The first-order chi connectivity index (χ1) is 12.8. The lowest BCUT2D eigenvalue weighted by Crippen LogP contribution is -2.32. The van der Waals surface area contributed by atoms with E-state index in [0.29, 0.717) is 23.2 Å². The maximum Gasteiger partial charge on any atom is 0.283 e. The number of hydrogen-bond acceptors (Lipinski definition) is 3. The predicted molar refractivity (Wildman–Crippen MR) is 110 cm³/mol. The van der Waals surface area contributed by atoms with E-state index in [1.165, 1.54) is 5.56 Å². The highest BCUT2D eigenvalue weighted by Gasteiger charge is 2.38. The Labute approximate surface area is 164 Å². The Morgan fingerprint density at radius 1 is 0.778 bits per heavy atom. The molecule has 3 rings (SSSR count). The molecule has 5 heteroatoms. The molecule has 0 saturated heterocycles. The first-order valence-electron chi connectivity index (χ1n) is 9.05. The van der Waals surface area contributed by atoms with Crippen LogP contribution in [0.5, 0.6) is 0 Å². The van der Waals surface area contributed by atoms with Crippen molar-refractivity contribution in [2.75, 3.05) is 10.2 Å². The first-order valence-corrected chi connectivity index (χ1v) is 9.43. The predicted octanol–water partition coefficient (Wildman–Crippen LogP) is 5.37. The molecule has 27 heavy (non-hydrogen) atoms. The summed E-state index contributed by atoms with van der Waals surface area (Å²) in [5, 5.41) is 2.91. The zero-order valence-electron chi connectivity index (χ0n) is 15.9. The number of nitrogens with zero attached hydrogens (tertiary/aromatic N) is 1. The number of anilines is 2. The molecule has 0 spiro atoms. The summed E-state index contributed by atoms with van der Waals surface area (Å²) in [6, 6.07) is 15.1. The molecule has 0 radical (unpaired) electrons. The van der Waals surface area contributed by atoms with Crippen LogP contribution in [0.1, 0.15) is 50.7 Å². The molecular weight excluding hydrogens is 360 g/mol. The van der Waals surface area contributed by atoms with Crippen molar-refractivity contribution in [2.45, 2.75) is 39.5 Å². The Morgan fingerprint density at radius 3 is 1.74 bits per heavy atom. The normalized spacial score (nSPS) is 14.7. The Bertz CT molecular complexity index is 897. The van der Waals surface area contributed by atoms with Crippen LogP contribution in [-0.2, 0) is 9.59 Å². The number of nitrogens with one attached hydrogen (secondary N) is 1. The van der Waals surface area contributed by atoms with Crippen LogP contribution in [0.25, 0.3) is 0 Å². The number of benzene rings is 2. The minimum Gasteiger partial charge on any atom is -0.350 e. The third-order valence-electron chi connectivity index (χ3n) is 4.69. The van der Waals surface area contributed by atoms with Gasteiger partial charge in [-0.3, -0.25) is 9.59 Å². The number of carbonyl (C=O) groups is 2. The third-order valence-corrected chi connectivity index (χ3v) is 5.04. The van der Waals surface area contributed by atoms with E-state index in [2.05, 4.69) is 33.0 Å². The summed E-state index contributed by atoms with van der Waals surface area (Å²) in [4.78, 5) is 26.5. The van der Waals surface area contributed by atoms with Crippen LogP contribution in [0.3, 0.4) is 0 Å². The molecule has 1 heterocycles. The number of rotatable bonds is 5. The largest absolute Gasteiger partial charge is 0.350 e. The van der Waals surface area contributed by atoms with E-state index >= 15 is 0 Å². The minimum atomic E-state index is -0.514. The molecule has 0 fully saturated rings. The second-order valence-corrected chi connectivity index (χ2v) is 7.66. The van der Waals surface area contributed by atoms with Crippen LogP contribution in [-0.4, -0.2) is 11.8 Å². The first kappa shape index (κ1) is 19.2. The molecule has 1 aliphatic heterocycles. The van der Waals surface area contributed by atoms with Gasteiger partial charge in [0.1, 0.15) is 10.7 Å². The van der Waals surface area contributed by atoms with Crippen LogP contribution >= 0.6 is 11.6 Å². The number of hydrogen-bond donors (Lipinski definition) is 1.